The summed E-state index contributed by atoms with van der Waals surface area (Å²) in [7, 11) is 0. The van der Waals surface area contributed by atoms with E-state index in [-0.39, 0.29) is 17.5 Å². The molecule has 2 unspecified atom stereocenters. The Balaban J connectivity index is 1.16. The van der Waals surface area contributed by atoms with E-state index in [0.717, 1.165) is 27.8 Å². The number of H-pyrrole nitrogens is 1. The Labute approximate surface area is 310 Å². The highest BCUT2D eigenvalue weighted by molar-refractivity contribution is 6.02. The lowest BCUT2D eigenvalue weighted by Gasteiger charge is -2.21. The van der Waals surface area contributed by atoms with Crippen LogP contribution in [-0.4, -0.2) is 67.1 Å². The quantitative estimate of drug-likeness (QED) is 0.0337. The molecule has 2 aromatic heterocycles. The van der Waals surface area contributed by atoms with Gasteiger partial charge in [-0.3, -0.25) is 15.2 Å². The van der Waals surface area contributed by atoms with E-state index < -0.39 is 24.5 Å². The van der Waals surface area contributed by atoms with Crippen LogP contribution in [0.2, 0.25) is 0 Å². The highest BCUT2D eigenvalue weighted by atomic mass is 16.9. The summed E-state index contributed by atoms with van der Waals surface area (Å²) in [5.41, 5.74) is 5.64. The Bertz CT molecular complexity index is 2130. The molecule has 0 fully saturated rings. The molecule has 3 N–H and O–H groups in total. The summed E-state index contributed by atoms with van der Waals surface area (Å²) in [6.07, 6.45) is -1.48. The van der Waals surface area contributed by atoms with Gasteiger partial charge in [-0.25, -0.2) is 9.59 Å². The molecule has 0 aliphatic rings. The first-order chi connectivity index (χ1) is 26.3. The Kier molecular flexibility index (Phi) is 12.5. The number of para-hydroxylation sites is 1. The number of fused-ring (bicyclic) bond motifs is 1. The molecule has 4 aromatic carbocycles. The molecular formula is C38H39N8O8-. The molecule has 0 saturated carbocycles. The fourth-order valence-electron chi connectivity index (χ4n) is 5.96. The molecule has 54 heavy (non-hydrogen) atoms. The number of tetrazole rings is 1. The smallest absolute Gasteiger partial charge is 0.511 e. The number of aromatic nitrogens is 6. The number of hydrogen-bond donors (Lipinski definition) is 2. The van der Waals surface area contributed by atoms with Crippen molar-refractivity contribution < 1.29 is 33.4 Å². The number of aromatic amines is 1. The summed E-state index contributed by atoms with van der Waals surface area (Å²) >= 11 is 0. The summed E-state index contributed by atoms with van der Waals surface area (Å²) in [4.78, 5) is 35.9. The number of hydrogen-bond acceptors (Lipinski definition) is 14. The van der Waals surface area contributed by atoms with Crippen LogP contribution in [0.15, 0.2) is 97.1 Å². The van der Waals surface area contributed by atoms with Gasteiger partial charge in [0.15, 0.2) is 0 Å². The van der Waals surface area contributed by atoms with Crippen LogP contribution < -0.4 is 10.6 Å². The number of benzene rings is 4. The maximum Gasteiger partial charge on any atom is 0.511 e. The first-order valence-corrected chi connectivity index (χ1v) is 17.3. The summed E-state index contributed by atoms with van der Waals surface area (Å²) in [5, 5.41) is 25.2. The van der Waals surface area contributed by atoms with Crippen LogP contribution in [0.3, 0.4) is 0 Å². The van der Waals surface area contributed by atoms with Crippen LogP contribution in [0.25, 0.3) is 33.5 Å². The number of ether oxygens (including phenoxy) is 4. The van der Waals surface area contributed by atoms with Gasteiger partial charge in [-0.05, 0) is 65.8 Å². The Morgan fingerprint density at radius 2 is 1.67 bits per heavy atom. The number of unbranched alkanes of at least 4 members (excludes halogenated alkanes) is 1. The Hall–Kier alpha value is -6.20. The third-order valence-electron chi connectivity index (χ3n) is 8.37. The molecule has 0 aliphatic carbocycles. The van der Waals surface area contributed by atoms with Gasteiger partial charge in [-0.15, -0.1) is 10.2 Å². The Morgan fingerprint density at radius 1 is 0.907 bits per heavy atom. The highest BCUT2D eigenvalue weighted by Gasteiger charge is 2.25. The summed E-state index contributed by atoms with van der Waals surface area (Å²) < 4.78 is 24.3. The molecule has 0 aliphatic heterocycles. The number of hydrazine groups is 1. The largest absolute Gasteiger partial charge is 0.748 e. The van der Waals surface area contributed by atoms with E-state index in [9.17, 15) is 14.8 Å². The van der Waals surface area contributed by atoms with Crippen LogP contribution in [0.5, 0.6) is 6.01 Å². The molecular weight excluding hydrogens is 696 g/mol. The zero-order chi connectivity index (χ0) is 37.9. The van der Waals surface area contributed by atoms with Crippen molar-refractivity contribution in [3.63, 3.8) is 0 Å². The lowest BCUT2D eigenvalue weighted by atomic mass is 9.98. The van der Waals surface area contributed by atoms with Crippen LogP contribution in [-0.2, 0) is 25.6 Å². The number of rotatable bonds is 17. The lowest BCUT2D eigenvalue weighted by Crippen LogP contribution is -2.25. The first-order valence-electron chi connectivity index (χ1n) is 17.3. The average Bonchev–Trinajstić information content (AvgIpc) is 3.83. The maximum absolute atomic E-state index is 13.6. The van der Waals surface area contributed by atoms with E-state index in [1.165, 1.54) is 6.92 Å². The molecule has 2 heterocycles. The zero-order valence-electron chi connectivity index (χ0n) is 29.7. The summed E-state index contributed by atoms with van der Waals surface area (Å²) in [6.45, 7) is 4.08. The van der Waals surface area contributed by atoms with Gasteiger partial charge in [-0.2, -0.15) is 15.5 Å². The highest BCUT2D eigenvalue weighted by Crippen LogP contribution is 2.32. The molecule has 6 rings (SSSR count). The Morgan fingerprint density at radius 3 is 2.39 bits per heavy atom. The van der Waals surface area contributed by atoms with E-state index >= 15 is 0 Å². The predicted molar refractivity (Wildman–Crippen MR) is 196 cm³/mol. The molecule has 2 atom stereocenters. The number of nitrogens with one attached hydrogen (secondary N) is 1. The minimum Gasteiger partial charge on any atom is -0.748 e. The molecule has 0 spiro atoms. The normalized spacial score (nSPS) is 12.4. The van der Waals surface area contributed by atoms with Gasteiger partial charge in [0.05, 0.1) is 36.4 Å². The number of carbonyl (C=O) groups excluding carboxylic acids is 2. The van der Waals surface area contributed by atoms with Crippen molar-refractivity contribution in [1.29, 1.82) is 0 Å². The van der Waals surface area contributed by atoms with Gasteiger partial charge < -0.3 is 24.2 Å². The molecule has 0 radical (unpaired) electrons. The third kappa shape index (κ3) is 9.42. The number of carbonyl (C=O) groups is 2. The monoisotopic (exact) mass is 735 g/mol. The average molecular weight is 736 g/mol. The number of esters is 1. The van der Waals surface area contributed by atoms with Gasteiger partial charge in [0, 0.05) is 12.5 Å². The predicted octanol–water partition coefficient (Wildman–Crippen LogP) is 6.50. The summed E-state index contributed by atoms with van der Waals surface area (Å²) in [6, 6.07) is 30.3. The molecule has 280 valence electrons. The van der Waals surface area contributed by atoms with Gasteiger partial charge in [0.1, 0.15) is 6.10 Å². The standard InChI is InChI=1S/C38H39N8O8/c1-3-50-37-40-32-17-11-16-31(34(32)45(37)24-26-19-21-27(22-20-26)29-14-7-8-15-30(29)35-41-43-44-42-35)36(47)52-25(2)53-38(48)54-33(28-12-5-4-6-13-28)18-9-10-23-51-46(39)49/h4-8,11-17,19-22,25,33H,3,9-10,18,23-24,39H2,1-2H3,(H,41,42,43,44)/q-1. The van der Waals surface area contributed by atoms with Crippen molar-refractivity contribution in [2.45, 2.75) is 52.0 Å². The number of nitrogens with zero attached hydrogens (tertiary/aromatic N) is 6. The van der Waals surface area contributed by atoms with Crippen LogP contribution in [0.4, 0.5) is 4.79 Å². The maximum atomic E-state index is 13.6. The van der Waals surface area contributed by atoms with Gasteiger partial charge >= 0.3 is 12.1 Å². The SMILES string of the molecule is CCOc1nc2cccc(C(=O)OC(C)OC(=O)OC(CCCCON(N)[O-])c3ccccc3)c2n1Cc1ccc(-c2ccccc2-c2nn[nH]n2)cc1. The molecule has 16 heteroatoms. The second-order valence-corrected chi connectivity index (χ2v) is 12.0. The van der Waals surface area contributed by atoms with Crippen LogP contribution >= 0.6 is 0 Å². The van der Waals surface area contributed by atoms with Crippen molar-refractivity contribution in [3.05, 3.63) is 119 Å². The second-order valence-electron chi connectivity index (χ2n) is 12.0. The van der Waals surface area contributed by atoms with E-state index in [2.05, 4.69) is 25.6 Å². The van der Waals surface area contributed by atoms with E-state index in [1.54, 1.807) is 18.2 Å². The van der Waals surface area contributed by atoms with E-state index in [4.69, 9.17) is 29.6 Å². The minimum absolute atomic E-state index is 0.0993. The second kappa shape index (κ2) is 18.0. The molecule has 0 bridgehead atoms. The third-order valence-corrected chi connectivity index (χ3v) is 8.37. The van der Waals surface area contributed by atoms with Crippen LogP contribution in [0, 0.1) is 5.21 Å². The van der Waals surface area contributed by atoms with Gasteiger partial charge in [0.25, 0.3) is 6.01 Å². The van der Waals surface area contributed by atoms with Gasteiger partial charge in [-0.1, -0.05) is 84.9 Å². The van der Waals surface area contributed by atoms with Crippen LogP contribution in [0.1, 0.15) is 60.7 Å². The topological polar surface area (TPSA) is 205 Å². The summed E-state index contributed by atoms with van der Waals surface area (Å²) in [5.74, 6) is 4.71. The zero-order valence-corrected chi connectivity index (χ0v) is 29.7. The van der Waals surface area contributed by atoms with E-state index in [1.807, 2.05) is 90.4 Å². The number of imidazole rings is 1. The van der Waals surface area contributed by atoms with Crippen molar-refractivity contribution >= 4 is 23.2 Å². The van der Waals surface area contributed by atoms with Crippen molar-refractivity contribution in [3.8, 4) is 28.5 Å². The molecule has 6 aromatic rings. The molecule has 0 amide bonds. The number of nitrogens with two attached hydrogens (primary N) is 1. The fraction of sp³-hybridized carbons (Fsp3) is 0.263. The van der Waals surface area contributed by atoms with Crippen molar-refractivity contribution in [2.75, 3.05) is 13.2 Å². The minimum atomic E-state index is -1.29. The lowest BCUT2D eigenvalue weighted by molar-refractivity contribution is -0.124. The molecule has 16 nitrogen and oxygen atoms in total. The molecule has 0 saturated heterocycles. The fourth-order valence-corrected chi connectivity index (χ4v) is 5.96. The van der Waals surface area contributed by atoms with Crippen molar-refractivity contribution in [1.82, 2.24) is 35.5 Å². The van der Waals surface area contributed by atoms with E-state index in [0.29, 0.717) is 55.3 Å². The van der Waals surface area contributed by atoms with Gasteiger partial charge in [0.2, 0.25) is 12.1 Å². The first kappa shape index (κ1) is 37.6. The van der Waals surface area contributed by atoms with Crippen molar-refractivity contribution in [2.24, 2.45) is 5.84 Å².